The van der Waals surface area contributed by atoms with Crippen LogP contribution >= 0.6 is 11.6 Å². The van der Waals surface area contributed by atoms with Crippen molar-refractivity contribution < 1.29 is 0 Å². The number of aryl methyl sites for hydroxylation is 2. The predicted octanol–water partition coefficient (Wildman–Crippen LogP) is 6.77. The molecule has 0 aromatic heterocycles. The first kappa shape index (κ1) is 23.5. The minimum atomic E-state index is 0.0352. The van der Waals surface area contributed by atoms with Crippen molar-refractivity contribution in [2.75, 3.05) is 5.73 Å². The van der Waals surface area contributed by atoms with E-state index >= 15 is 0 Å². The van der Waals surface area contributed by atoms with E-state index in [1.54, 1.807) is 6.20 Å². The number of hydrogen-bond acceptors (Lipinski definition) is 3. The van der Waals surface area contributed by atoms with E-state index in [2.05, 4.69) is 92.0 Å². The summed E-state index contributed by atoms with van der Waals surface area (Å²) in [5, 5.41) is 4.19. The Morgan fingerprint density at radius 3 is 2.12 bits per heavy atom. The van der Waals surface area contributed by atoms with Gasteiger partial charge in [-0.2, -0.15) is 0 Å². The molecule has 0 spiro atoms. The highest BCUT2D eigenvalue weighted by Crippen LogP contribution is 2.35. The van der Waals surface area contributed by atoms with Gasteiger partial charge in [-0.25, -0.2) is 0 Å². The molecule has 4 aromatic rings. The van der Waals surface area contributed by atoms with Crippen molar-refractivity contribution in [3.05, 3.63) is 141 Å². The summed E-state index contributed by atoms with van der Waals surface area (Å²) in [6.07, 6.45) is 1.59. The highest BCUT2D eigenvalue weighted by Gasteiger charge is 2.19. The van der Waals surface area contributed by atoms with Crippen molar-refractivity contribution >= 4 is 23.0 Å². The predicted molar refractivity (Wildman–Crippen MR) is 145 cm³/mol. The van der Waals surface area contributed by atoms with Crippen molar-refractivity contribution in [3.63, 3.8) is 0 Å². The Morgan fingerprint density at radius 2 is 1.47 bits per heavy atom. The number of benzene rings is 4. The van der Waals surface area contributed by atoms with Crippen LogP contribution in [-0.2, 0) is 6.54 Å². The molecule has 0 radical (unpaired) electrons. The lowest BCUT2D eigenvalue weighted by Crippen LogP contribution is -2.15. The summed E-state index contributed by atoms with van der Waals surface area (Å²) < 4.78 is 0. The van der Waals surface area contributed by atoms with E-state index < -0.39 is 0 Å². The van der Waals surface area contributed by atoms with Crippen LogP contribution in [0.5, 0.6) is 0 Å². The molecule has 172 valence electrons. The van der Waals surface area contributed by atoms with Crippen molar-refractivity contribution in [3.8, 4) is 0 Å². The maximum atomic E-state index is 6.42. The number of hydrogen-bond donors (Lipinski definition) is 3. The minimum absolute atomic E-state index is 0.0352. The Labute approximate surface area is 207 Å². The van der Waals surface area contributed by atoms with Gasteiger partial charge in [-0.05, 0) is 60.4 Å². The smallest absolute Gasteiger partial charge is 0.0594 e. The first-order valence-corrected chi connectivity index (χ1v) is 11.8. The Bertz CT molecular complexity index is 1250. The van der Waals surface area contributed by atoms with E-state index in [9.17, 15) is 0 Å². The molecule has 0 aliphatic rings. The Morgan fingerprint density at radius 1 is 0.824 bits per heavy atom. The van der Waals surface area contributed by atoms with Crippen LogP contribution in [0.2, 0.25) is 5.02 Å². The van der Waals surface area contributed by atoms with Gasteiger partial charge in [0.05, 0.1) is 5.70 Å². The highest BCUT2D eigenvalue weighted by molar-refractivity contribution is 6.30. The van der Waals surface area contributed by atoms with E-state index in [1.807, 2.05) is 18.2 Å². The molecule has 0 saturated heterocycles. The van der Waals surface area contributed by atoms with E-state index in [4.69, 9.17) is 23.1 Å². The van der Waals surface area contributed by atoms with E-state index in [0.717, 1.165) is 27.4 Å². The molecule has 34 heavy (non-hydrogen) atoms. The lowest BCUT2D eigenvalue weighted by molar-refractivity contribution is 0.885. The zero-order chi connectivity index (χ0) is 24.1. The fourth-order valence-corrected chi connectivity index (χ4v) is 4.37. The third-order valence-corrected chi connectivity index (χ3v) is 6.30. The maximum absolute atomic E-state index is 6.42. The van der Waals surface area contributed by atoms with Gasteiger partial charge < -0.3 is 16.8 Å². The maximum Gasteiger partial charge on any atom is 0.0594 e. The first-order chi connectivity index (χ1) is 16.4. The summed E-state index contributed by atoms with van der Waals surface area (Å²) in [6.45, 7) is 4.85. The normalized spacial score (nSPS) is 12.4. The molecule has 0 bridgehead atoms. The van der Waals surface area contributed by atoms with Crippen molar-refractivity contribution in [1.29, 1.82) is 0 Å². The van der Waals surface area contributed by atoms with Gasteiger partial charge in [-0.15, -0.1) is 0 Å². The SMILES string of the molecule is Cc1ccc(C(c2ccc(Cl)cc2)c2ccc(N)c(/C(=C\N)NCc3cccc(C)c3)c2)cc1. The van der Waals surface area contributed by atoms with E-state index in [1.165, 1.54) is 22.3 Å². The zero-order valence-corrected chi connectivity index (χ0v) is 20.3. The van der Waals surface area contributed by atoms with E-state index in [-0.39, 0.29) is 5.92 Å². The number of nitrogens with one attached hydrogen (secondary N) is 1. The lowest BCUT2D eigenvalue weighted by atomic mass is 9.84. The van der Waals surface area contributed by atoms with Gasteiger partial charge in [0.15, 0.2) is 0 Å². The molecule has 0 amide bonds. The first-order valence-electron chi connectivity index (χ1n) is 11.4. The summed E-state index contributed by atoms with van der Waals surface area (Å²) in [6, 6.07) is 31.3. The molecule has 0 heterocycles. The van der Waals surface area contributed by atoms with Gasteiger partial charge in [-0.1, -0.05) is 89.5 Å². The van der Waals surface area contributed by atoms with Crippen LogP contribution in [0.25, 0.3) is 5.70 Å². The van der Waals surface area contributed by atoms with E-state index in [0.29, 0.717) is 12.2 Å². The highest BCUT2D eigenvalue weighted by atomic mass is 35.5. The second kappa shape index (κ2) is 10.5. The summed E-state index contributed by atoms with van der Waals surface area (Å²) >= 11 is 6.18. The van der Waals surface area contributed by atoms with Crippen molar-refractivity contribution in [2.45, 2.75) is 26.3 Å². The average molecular weight is 468 g/mol. The molecule has 0 saturated carbocycles. The monoisotopic (exact) mass is 467 g/mol. The van der Waals surface area contributed by atoms with Crippen LogP contribution in [-0.4, -0.2) is 0 Å². The largest absolute Gasteiger partial charge is 0.403 e. The molecule has 1 atom stereocenters. The van der Waals surface area contributed by atoms with Crippen molar-refractivity contribution in [2.24, 2.45) is 5.73 Å². The second-order valence-electron chi connectivity index (χ2n) is 8.66. The molecule has 5 N–H and O–H groups in total. The molecule has 0 aliphatic carbocycles. The fourth-order valence-electron chi connectivity index (χ4n) is 4.24. The molecule has 4 rings (SSSR count). The molecular formula is C30H30ClN3. The Hall–Kier alpha value is -3.69. The molecule has 1 unspecified atom stereocenters. The lowest BCUT2D eigenvalue weighted by Gasteiger charge is -2.22. The van der Waals surface area contributed by atoms with Crippen LogP contribution in [0, 0.1) is 13.8 Å². The van der Waals surface area contributed by atoms with Gasteiger partial charge in [-0.3, -0.25) is 0 Å². The van der Waals surface area contributed by atoms with Gasteiger partial charge in [0, 0.05) is 34.9 Å². The quantitative estimate of drug-likeness (QED) is 0.207. The third kappa shape index (κ3) is 5.44. The molecule has 0 aliphatic heterocycles. The fraction of sp³-hybridized carbons (Fsp3) is 0.133. The number of halogens is 1. The molecule has 4 heteroatoms. The number of anilines is 1. The summed E-state index contributed by atoms with van der Waals surface area (Å²) in [4.78, 5) is 0. The third-order valence-electron chi connectivity index (χ3n) is 6.05. The summed E-state index contributed by atoms with van der Waals surface area (Å²) in [7, 11) is 0. The Kier molecular flexibility index (Phi) is 7.24. The topological polar surface area (TPSA) is 64.1 Å². The second-order valence-corrected chi connectivity index (χ2v) is 9.10. The van der Waals surface area contributed by atoms with Gasteiger partial charge in [0.25, 0.3) is 0 Å². The average Bonchev–Trinajstić information content (AvgIpc) is 2.84. The van der Waals surface area contributed by atoms with Crippen LogP contribution in [0.1, 0.15) is 44.9 Å². The number of rotatable bonds is 7. The van der Waals surface area contributed by atoms with Crippen molar-refractivity contribution in [1.82, 2.24) is 5.32 Å². The van der Waals surface area contributed by atoms with Crippen LogP contribution < -0.4 is 16.8 Å². The summed E-state index contributed by atoms with van der Waals surface area (Å²) in [5.41, 5.74) is 22.0. The Balaban J connectivity index is 1.72. The molecule has 0 fully saturated rings. The summed E-state index contributed by atoms with van der Waals surface area (Å²) in [5.74, 6) is 0.0352. The standard InChI is InChI=1S/C30H30ClN3/c1-20-6-8-23(9-7-20)30(24-10-13-26(31)14-11-24)25-12-15-28(33)27(17-25)29(18-32)34-19-22-5-3-4-21(2)16-22/h3-18,30,34H,19,32-33H2,1-2H3/b29-18+. The molecule has 3 nitrogen and oxygen atoms in total. The van der Waals surface area contributed by atoms with Gasteiger partial charge in [0.2, 0.25) is 0 Å². The number of nitrogens with two attached hydrogens (primary N) is 2. The van der Waals surface area contributed by atoms with Gasteiger partial charge in [0.1, 0.15) is 0 Å². The molecule has 4 aromatic carbocycles. The van der Waals surface area contributed by atoms with Gasteiger partial charge >= 0.3 is 0 Å². The zero-order valence-electron chi connectivity index (χ0n) is 19.6. The molecular weight excluding hydrogens is 438 g/mol. The minimum Gasteiger partial charge on any atom is -0.403 e. The van der Waals surface area contributed by atoms with Crippen LogP contribution in [0.4, 0.5) is 5.69 Å². The van der Waals surface area contributed by atoms with Crippen LogP contribution in [0.3, 0.4) is 0 Å². The van der Waals surface area contributed by atoms with Crippen LogP contribution in [0.15, 0.2) is 97.2 Å². The number of nitrogen functional groups attached to an aromatic ring is 1.